The minimum atomic E-state index is -0.718. The van der Waals surface area contributed by atoms with Gasteiger partial charge in [0.25, 0.3) is 0 Å². The van der Waals surface area contributed by atoms with Crippen molar-refractivity contribution in [3.63, 3.8) is 0 Å². The summed E-state index contributed by atoms with van der Waals surface area (Å²) < 4.78 is 26.7. The second kappa shape index (κ2) is 5.52. The molecule has 0 aliphatic carbocycles. The second-order valence-electron chi connectivity index (χ2n) is 4.94. The third-order valence-corrected chi connectivity index (χ3v) is 3.51. The average molecular weight is 288 g/mol. The van der Waals surface area contributed by atoms with Crippen LogP contribution in [-0.2, 0) is 6.54 Å². The van der Waals surface area contributed by atoms with E-state index in [0.717, 1.165) is 17.7 Å². The van der Waals surface area contributed by atoms with Crippen molar-refractivity contribution in [2.45, 2.75) is 6.54 Å². The van der Waals surface area contributed by atoms with Gasteiger partial charge in [0.2, 0.25) is 0 Å². The lowest BCUT2D eigenvalue weighted by atomic mass is 10.2. The molecule has 1 fully saturated rings. The van der Waals surface area contributed by atoms with Crippen molar-refractivity contribution < 1.29 is 13.6 Å². The molecule has 2 amide bonds. The highest BCUT2D eigenvalue weighted by atomic mass is 19.1. The van der Waals surface area contributed by atoms with Crippen molar-refractivity contribution in [2.24, 2.45) is 0 Å². The molecule has 5 heteroatoms. The summed E-state index contributed by atoms with van der Waals surface area (Å²) in [6, 6.07) is 12.6. The fraction of sp³-hybridized carbons (Fsp3) is 0.188. The first-order valence-corrected chi connectivity index (χ1v) is 6.70. The van der Waals surface area contributed by atoms with Gasteiger partial charge < -0.3 is 4.90 Å². The van der Waals surface area contributed by atoms with Gasteiger partial charge in [-0.15, -0.1) is 0 Å². The molecule has 0 radical (unpaired) electrons. The van der Waals surface area contributed by atoms with Gasteiger partial charge in [-0.3, -0.25) is 4.90 Å². The molecule has 1 aliphatic rings. The van der Waals surface area contributed by atoms with Crippen molar-refractivity contribution in [1.29, 1.82) is 0 Å². The zero-order chi connectivity index (χ0) is 14.8. The largest absolute Gasteiger partial charge is 0.325 e. The van der Waals surface area contributed by atoms with Crippen LogP contribution in [-0.4, -0.2) is 24.0 Å². The van der Waals surface area contributed by atoms with E-state index in [4.69, 9.17) is 0 Å². The summed E-state index contributed by atoms with van der Waals surface area (Å²) >= 11 is 0. The quantitative estimate of drug-likeness (QED) is 0.849. The fourth-order valence-electron chi connectivity index (χ4n) is 2.46. The van der Waals surface area contributed by atoms with Gasteiger partial charge in [0.15, 0.2) is 0 Å². The van der Waals surface area contributed by atoms with Crippen LogP contribution in [0.25, 0.3) is 0 Å². The molecule has 3 nitrogen and oxygen atoms in total. The van der Waals surface area contributed by atoms with Crippen LogP contribution in [0.1, 0.15) is 5.56 Å². The van der Waals surface area contributed by atoms with Gasteiger partial charge in [0.05, 0.1) is 5.69 Å². The predicted molar refractivity (Wildman–Crippen MR) is 76.0 cm³/mol. The molecule has 1 heterocycles. The summed E-state index contributed by atoms with van der Waals surface area (Å²) in [7, 11) is 0. The van der Waals surface area contributed by atoms with Crippen molar-refractivity contribution >= 4 is 11.7 Å². The molecule has 1 saturated heterocycles. The third kappa shape index (κ3) is 2.72. The zero-order valence-corrected chi connectivity index (χ0v) is 11.3. The highest BCUT2D eigenvalue weighted by Gasteiger charge is 2.31. The van der Waals surface area contributed by atoms with E-state index in [1.54, 1.807) is 4.90 Å². The van der Waals surface area contributed by atoms with Crippen molar-refractivity contribution in [3.05, 3.63) is 65.7 Å². The lowest BCUT2D eigenvalue weighted by Crippen LogP contribution is -2.32. The first kappa shape index (κ1) is 13.5. The molecule has 0 spiro atoms. The Hall–Kier alpha value is -2.43. The zero-order valence-electron chi connectivity index (χ0n) is 11.3. The van der Waals surface area contributed by atoms with Crippen LogP contribution >= 0.6 is 0 Å². The Kier molecular flexibility index (Phi) is 3.56. The number of hydrogen-bond acceptors (Lipinski definition) is 1. The van der Waals surface area contributed by atoms with Crippen LogP contribution < -0.4 is 4.90 Å². The molecule has 21 heavy (non-hydrogen) atoms. The number of benzene rings is 2. The molecule has 0 saturated carbocycles. The molecule has 2 aromatic rings. The number of carbonyl (C=O) groups excluding carboxylic acids is 1. The number of carbonyl (C=O) groups is 1. The maximum atomic E-state index is 13.8. The van der Waals surface area contributed by atoms with E-state index < -0.39 is 11.6 Å². The standard InChI is InChI=1S/C16H14F2N2O/c17-13-6-7-15(14(18)10-13)20-9-8-19(16(20)21)11-12-4-2-1-3-5-12/h1-7,10H,8-9,11H2. The summed E-state index contributed by atoms with van der Waals surface area (Å²) in [5.41, 5.74) is 1.14. The monoisotopic (exact) mass is 288 g/mol. The van der Waals surface area contributed by atoms with E-state index in [1.165, 1.54) is 11.0 Å². The first-order valence-electron chi connectivity index (χ1n) is 6.70. The van der Waals surface area contributed by atoms with E-state index in [0.29, 0.717) is 19.6 Å². The Labute approximate surface area is 121 Å². The highest BCUT2D eigenvalue weighted by Crippen LogP contribution is 2.25. The number of amides is 2. The SMILES string of the molecule is O=C1N(Cc2ccccc2)CCN1c1ccc(F)cc1F. The minimum absolute atomic E-state index is 0.122. The number of rotatable bonds is 3. The number of anilines is 1. The molecule has 1 aliphatic heterocycles. The van der Waals surface area contributed by atoms with Crippen molar-refractivity contribution in [2.75, 3.05) is 18.0 Å². The van der Waals surface area contributed by atoms with E-state index in [9.17, 15) is 13.6 Å². The number of hydrogen-bond donors (Lipinski definition) is 0. The summed E-state index contributed by atoms with van der Waals surface area (Å²) in [6.45, 7) is 1.40. The van der Waals surface area contributed by atoms with Crippen LogP contribution in [0, 0.1) is 11.6 Å². The average Bonchev–Trinajstić information content (AvgIpc) is 2.82. The van der Waals surface area contributed by atoms with Crippen LogP contribution in [0.2, 0.25) is 0 Å². The molecule has 0 atom stereocenters. The van der Waals surface area contributed by atoms with Crippen LogP contribution in [0.5, 0.6) is 0 Å². The fourth-order valence-corrected chi connectivity index (χ4v) is 2.46. The van der Waals surface area contributed by atoms with Crippen molar-refractivity contribution in [1.82, 2.24) is 4.90 Å². The van der Waals surface area contributed by atoms with Gasteiger partial charge >= 0.3 is 6.03 Å². The maximum Gasteiger partial charge on any atom is 0.325 e. The van der Waals surface area contributed by atoms with E-state index in [-0.39, 0.29) is 11.7 Å². The Morgan fingerprint density at radius 3 is 2.48 bits per heavy atom. The minimum Gasteiger partial charge on any atom is -0.318 e. The predicted octanol–water partition coefficient (Wildman–Crippen LogP) is 3.41. The number of halogens is 2. The maximum absolute atomic E-state index is 13.8. The van der Waals surface area contributed by atoms with E-state index in [1.807, 2.05) is 30.3 Å². The lowest BCUT2D eigenvalue weighted by molar-refractivity contribution is 0.218. The topological polar surface area (TPSA) is 23.6 Å². The Morgan fingerprint density at radius 2 is 1.76 bits per heavy atom. The van der Waals surface area contributed by atoms with Crippen LogP contribution in [0.3, 0.4) is 0 Å². The Balaban J connectivity index is 1.77. The molecule has 0 aromatic heterocycles. The van der Waals surface area contributed by atoms with Gasteiger partial charge in [-0.1, -0.05) is 30.3 Å². The summed E-state index contributed by atoms with van der Waals surface area (Å²) in [5, 5.41) is 0. The summed E-state index contributed by atoms with van der Waals surface area (Å²) in [5.74, 6) is -1.37. The van der Waals surface area contributed by atoms with Gasteiger partial charge in [-0.25, -0.2) is 13.6 Å². The molecule has 2 aromatic carbocycles. The molecular formula is C16H14F2N2O. The van der Waals surface area contributed by atoms with E-state index >= 15 is 0 Å². The highest BCUT2D eigenvalue weighted by molar-refractivity contribution is 5.94. The summed E-state index contributed by atoms with van der Waals surface area (Å²) in [6.07, 6.45) is 0. The third-order valence-electron chi connectivity index (χ3n) is 3.51. The van der Waals surface area contributed by atoms with Crippen molar-refractivity contribution in [3.8, 4) is 0 Å². The Morgan fingerprint density at radius 1 is 1.00 bits per heavy atom. The van der Waals surface area contributed by atoms with Crippen LogP contribution in [0.4, 0.5) is 19.3 Å². The second-order valence-corrected chi connectivity index (χ2v) is 4.94. The molecule has 0 bridgehead atoms. The Bertz CT molecular complexity index is 661. The molecule has 0 N–H and O–H groups in total. The number of nitrogens with zero attached hydrogens (tertiary/aromatic N) is 2. The van der Waals surface area contributed by atoms with Crippen LogP contribution in [0.15, 0.2) is 48.5 Å². The molecular weight excluding hydrogens is 274 g/mol. The lowest BCUT2D eigenvalue weighted by Gasteiger charge is -2.19. The van der Waals surface area contributed by atoms with Gasteiger partial charge in [0, 0.05) is 25.7 Å². The smallest absolute Gasteiger partial charge is 0.318 e. The van der Waals surface area contributed by atoms with Gasteiger partial charge in [-0.2, -0.15) is 0 Å². The first-order chi connectivity index (χ1) is 10.1. The van der Waals surface area contributed by atoms with Gasteiger partial charge in [0.1, 0.15) is 11.6 Å². The van der Waals surface area contributed by atoms with Gasteiger partial charge in [-0.05, 0) is 17.7 Å². The normalized spacial score (nSPS) is 14.9. The molecule has 108 valence electrons. The van der Waals surface area contributed by atoms with E-state index in [2.05, 4.69) is 0 Å². The summed E-state index contributed by atoms with van der Waals surface area (Å²) in [4.78, 5) is 15.3. The number of urea groups is 1. The molecule has 3 rings (SSSR count). The molecule has 0 unspecified atom stereocenters.